The zero-order valence-corrected chi connectivity index (χ0v) is 7.99. The van der Waals surface area contributed by atoms with E-state index in [4.69, 9.17) is 10.5 Å². The van der Waals surface area contributed by atoms with Crippen LogP contribution in [0.1, 0.15) is 5.56 Å². The predicted octanol–water partition coefficient (Wildman–Crippen LogP) is 0.500. The molecule has 0 aliphatic carbocycles. The minimum Gasteiger partial charge on any atom is -0.478 e. The quantitative estimate of drug-likeness (QED) is 0.694. The maximum Gasteiger partial charge on any atom is 0.231 e. The number of carbonyl (C=O) groups is 1. The molecular formula is C10H12N2O2. The monoisotopic (exact) mass is 192 g/mol. The molecule has 0 saturated carbocycles. The van der Waals surface area contributed by atoms with Crippen LogP contribution in [0.3, 0.4) is 0 Å². The molecule has 2 N–H and O–H groups in total. The molecular weight excluding hydrogens is 180 g/mol. The van der Waals surface area contributed by atoms with Crippen LogP contribution in [-0.2, 0) is 11.2 Å². The van der Waals surface area contributed by atoms with E-state index >= 15 is 0 Å². The number of hydrogen-bond acceptors (Lipinski definition) is 3. The van der Waals surface area contributed by atoms with E-state index in [-0.39, 0.29) is 12.6 Å². The van der Waals surface area contributed by atoms with Gasteiger partial charge in [0.25, 0.3) is 0 Å². The first kappa shape index (κ1) is 9.02. The van der Waals surface area contributed by atoms with Crippen molar-refractivity contribution >= 4 is 11.6 Å². The standard InChI is InChI=1S/C10H12N2O2/c1-12-8-3-2-4-9(14-6-11)7(8)5-10(12)13/h2-4H,5-6,11H2,1H3. The lowest BCUT2D eigenvalue weighted by Crippen LogP contribution is -2.20. The van der Waals surface area contributed by atoms with E-state index in [0.29, 0.717) is 12.2 Å². The molecule has 2 rings (SSSR count). The first-order valence-corrected chi connectivity index (χ1v) is 4.45. The average Bonchev–Trinajstić information content (AvgIpc) is 2.46. The van der Waals surface area contributed by atoms with Crippen molar-refractivity contribution in [1.29, 1.82) is 0 Å². The first-order valence-electron chi connectivity index (χ1n) is 4.45. The Balaban J connectivity index is 2.44. The summed E-state index contributed by atoms with van der Waals surface area (Å²) in [5.74, 6) is 0.802. The van der Waals surface area contributed by atoms with E-state index in [1.807, 2.05) is 18.2 Å². The molecule has 0 radical (unpaired) electrons. The SMILES string of the molecule is CN1C(=O)Cc2c(OCN)cccc21. The molecule has 1 heterocycles. The second-order valence-electron chi connectivity index (χ2n) is 3.19. The van der Waals surface area contributed by atoms with Gasteiger partial charge in [-0.1, -0.05) is 6.07 Å². The molecule has 14 heavy (non-hydrogen) atoms. The van der Waals surface area contributed by atoms with Crippen molar-refractivity contribution in [2.24, 2.45) is 5.73 Å². The van der Waals surface area contributed by atoms with E-state index in [0.717, 1.165) is 11.3 Å². The van der Waals surface area contributed by atoms with Crippen LogP contribution in [0.25, 0.3) is 0 Å². The average molecular weight is 192 g/mol. The molecule has 1 aliphatic rings. The molecule has 1 amide bonds. The molecule has 0 spiro atoms. The fourth-order valence-corrected chi connectivity index (χ4v) is 1.68. The smallest absolute Gasteiger partial charge is 0.231 e. The Hall–Kier alpha value is -1.55. The fraction of sp³-hybridized carbons (Fsp3) is 0.300. The zero-order valence-electron chi connectivity index (χ0n) is 7.99. The number of likely N-dealkylation sites (N-methyl/N-ethyl adjacent to an activating group) is 1. The van der Waals surface area contributed by atoms with Gasteiger partial charge in [-0.2, -0.15) is 0 Å². The van der Waals surface area contributed by atoms with Gasteiger partial charge in [0.05, 0.1) is 12.1 Å². The van der Waals surface area contributed by atoms with Gasteiger partial charge in [-0.05, 0) is 12.1 Å². The lowest BCUT2D eigenvalue weighted by Gasteiger charge is -2.11. The second kappa shape index (κ2) is 3.31. The third-order valence-electron chi connectivity index (χ3n) is 2.41. The Morgan fingerprint density at radius 3 is 3.07 bits per heavy atom. The van der Waals surface area contributed by atoms with Crippen LogP contribution in [0.4, 0.5) is 5.69 Å². The zero-order chi connectivity index (χ0) is 10.1. The van der Waals surface area contributed by atoms with E-state index in [1.165, 1.54) is 0 Å². The van der Waals surface area contributed by atoms with Crippen LogP contribution in [0.2, 0.25) is 0 Å². The number of amides is 1. The van der Waals surface area contributed by atoms with Crippen molar-refractivity contribution in [3.05, 3.63) is 23.8 Å². The summed E-state index contributed by atoms with van der Waals surface area (Å²) >= 11 is 0. The Kier molecular flexibility index (Phi) is 2.13. The highest BCUT2D eigenvalue weighted by atomic mass is 16.5. The van der Waals surface area contributed by atoms with E-state index < -0.39 is 0 Å². The van der Waals surface area contributed by atoms with Gasteiger partial charge < -0.3 is 9.64 Å². The molecule has 4 heteroatoms. The lowest BCUT2D eigenvalue weighted by atomic mass is 10.1. The maximum atomic E-state index is 11.4. The summed E-state index contributed by atoms with van der Waals surface area (Å²) in [4.78, 5) is 13.1. The largest absolute Gasteiger partial charge is 0.478 e. The summed E-state index contributed by atoms with van der Waals surface area (Å²) in [7, 11) is 1.76. The molecule has 4 nitrogen and oxygen atoms in total. The predicted molar refractivity (Wildman–Crippen MR) is 53.2 cm³/mol. The van der Waals surface area contributed by atoms with Crippen molar-refractivity contribution < 1.29 is 9.53 Å². The molecule has 0 aromatic heterocycles. The van der Waals surface area contributed by atoms with Crippen LogP contribution < -0.4 is 15.4 Å². The highest BCUT2D eigenvalue weighted by Crippen LogP contribution is 2.34. The number of ether oxygens (including phenoxy) is 1. The van der Waals surface area contributed by atoms with Crippen LogP contribution in [-0.4, -0.2) is 19.7 Å². The third kappa shape index (κ3) is 1.24. The van der Waals surface area contributed by atoms with Crippen molar-refractivity contribution in [3.63, 3.8) is 0 Å². The van der Waals surface area contributed by atoms with Crippen LogP contribution in [0, 0.1) is 0 Å². The number of rotatable bonds is 2. The Morgan fingerprint density at radius 1 is 1.57 bits per heavy atom. The molecule has 1 aromatic carbocycles. The summed E-state index contributed by atoms with van der Waals surface area (Å²) in [6.45, 7) is 0.133. The van der Waals surface area contributed by atoms with Gasteiger partial charge in [-0.15, -0.1) is 0 Å². The Morgan fingerprint density at radius 2 is 2.36 bits per heavy atom. The highest BCUT2D eigenvalue weighted by Gasteiger charge is 2.26. The number of carbonyl (C=O) groups excluding carboxylic acids is 1. The van der Waals surface area contributed by atoms with Gasteiger partial charge >= 0.3 is 0 Å². The molecule has 74 valence electrons. The fourth-order valence-electron chi connectivity index (χ4n) is 1.68. The summed E-state index contributed by atoms with van der Waals surface area (Å²) < 4.78 is 5.24. The van der Waals surface area contributed by atoms with E-state index in [9.17, 15) is 4.79 Å². The number of hydrogen-bond donors (Lipinski definition) is 1. The van der Waals surface area contributed by atoms with E-state index in [2.05, 4.69) is 0 Å². The van der Waals surface area contributed by atoms with Crippen molar-refractivity contribution in [1.82, 2.24) is 0 Å². The Bertz CT molecular complexity index is 376. The first-order chi connectivity index (χ1) is 6.74. The van der Waals surface area contributed by atoms with E-state index in [1.54, 1.807) is 11.9 Å². The highest BCUT2D eigenvalue weighted by molar-refractivity contribution is 6.01. The minimum absolute atomic E-state index is 0.0908. The molecule has 1 aliphatic heterocycles. The summed E-state index contributed by atoms with van der Waals surface area (Å²) in [6, 6.07) is 5.60. The van der Waals surface area contributed by atoms with Crippen molar-refractivity contribution in [2.75, 3.05) is 18.7 Å². The molecule has 0 atom stereocenters. The van der Waals surface area contributed by atoms with Crippen LogP contribution >= 0.6 is 0 Å². The van der Waals surface area contributed by atoms with Crippen molar-refractivity contribution in [2.45, 2.75) is 6.42 Å². The third-order valence-corrected chi connectivity index (χ3v) is 2.41. The number of nitrogens with two attached hydrogens (primary N) is 1. The topological polar surface area (TPSA) is 55.6 Å². The van der Waals surface area contributed by atoms with Crippen LogP contribution in [0.5, 0.6) is 5.75 Å². The van der Waals surface area contributed by atoms with Gasteiger partial charge in [0.2, 0.25) is 5.91 Å². The van der Waals surface area contributed by atoms with Gasteiger partial charge in [-0.3, -0.25) is 10.5 Å². The van der Waals surface area contributed by atoms with Gasteiger partial charge in [0.1, 0.15) is 12.5 Å². The number of anilines is 1. The second-order valence-corrected chi connectivity index (χ2v) is 3.19. The lowest BCUT2D eigenvalue weighted by molar-refractivity contribution is -0.117. The molecule has 1 aromatic rings. The van der Waals surface area contributed by atoms with Crippen LogP contribution in [0.15, 0.2) is 18.2 Å². The summed E-state index contributed by atoms with van der Waals surface area (Å²) in [5.41, 5.74) is 7.16. The number of fused-ring (bicyclic) bond motifs is 1. The molecule has 0 saturated heterocycles. The van der Waals surface area contributed by atoms with Gasteiger partial charge in [-0.25, -0.2) is 0 Å². The number of nitrogens with zero attached hydrogens (tertiary/aromatic N) is 1. The van der Waals surface area contributed by atoms with Gasteiger partial charge in [0, 0.05) is 12.6 Å². The van der Waals surface area contributed by atoms with Gasteiger partial charge in [0.15, 0.2) is 0 Å². The normalized spacial score (nSPS) is 14.4. The Labute approximate surface area is 82.3 Å². The maximum absolute atomic E-state index is 11.4. The minimum atomic E-state index is 0.0908. The molecule has 0 fully saturated rings. The molecule has 0 unspecified atom stereocenters. The summed E-state index contributed by atoms with van der Waals surface area (Å²) in [5, 5.41) is 0. The molecule has 0 bridgehead atoms. The van der Waals surface area contributed by atoms with Crippen molar-refractivity contribution in [3.8, 4) is 5.75 Å². The summed E-state index contributed by atoms with van der Waals surface area (Å²) in [6.07, 6.45) is 0.405. The number of benzene rings is 1.